The second-order valence-corrected chi connectivity index (χ2v) is 3.32. The molecule has 0 unspecified atom stereocenters. The minimum Gasteiger partial charge on any atom is -0.508 e. The van der Waals surface area contributed by atoms with E-state index >= 15 is 0 Å². The molecule has 6 heteroatoms. The molecule has 84 valence electrons. The predicted molar refractivity (Wildman–Crippen MR) is 57.6 cm³/mol. The number of rotatable bonds is 2. The van der Waals surface area contributed by atoms with Crippen molar-refractivity contribution < 1.29 is 9.50 Å². The second kappa shape index (κ2) is 3.80. The highest BCUT2D eigenvalue weighted by molar-refractivity contribution is 5.59. The van der Waals surface area contributed by atoms with Gasteiger partial charge in [0.15, 0.2) is 5.82 Å². The van der Waals surface area contributed by atoms with Crippen LogP contribution in [-0.4, -0.2) is 26.9 Å². The Labute approximate surface area is 91.6 Å². The van der Waals surface area contributed by atoms with Gasteiger partial charge in [0.2, 0.25) is 5.95 Å². The monoisotopic (exact) mass is 222 g/mol. The SMILES string of the molecule is CNc1nnc(-c2ccc(O)cc2F)n1C. The van der Waals surface area contributed by atoms with E-state index in [1.165, 1.54) is 12.1 Å². The third-order valence-electron chi connectivity index (χ3n) is 2.29. The number of hydrogen-bond acceptors (Lipinski definition) is 4. The molecule has 2 aromatic rings. The van der Waals surface area contributed by atoms with Gasteiger partial charge in [-0.2, -0.15) is 0 Å². The van der Waals surface area contributed by atoms with Gasteiger partial charge >= 0.3 is 0 Å². The molecule has 0 aliphatic heterocycles. The standard InChI is InChI=1S/C10H11FN4O/c1-12-10-14-13-9(15(10)2)7-4-3-6(16)5-8(7)11/h3-5,16H,1-2H3,(H,12,14). The number of aromatic nitrogens is 3. The lowest BCUT2D eigenvalue weighted by atomic mass is 10.2. The molecule has 16 heavy (non-hydrogen) atoms. The number of benzene rings is 1. The maximum absolute atomic E-state index is 13.6. The Morgan fingerprint density at radius 2 is 2.12 bits per heavy atom. The summed E-state index contributed by atoms with van der Waals surface area (Å²) in [4.78, 5) is 0. The topological polar surface area (TPSA) is 63.0 Å². The van der Waals surface area contributed by atoms with Gasteiger partial charge in [-0.1, -0.05) is 0 Å². The average Bonchev–Trinajstić information content (AvgIpc) is 2.60. The normalized spacial score (nSPS) is 10.4. The Kier molecular flexibility index (Phi) is 2.47. The summed E-state index contributed by atoms with van der Waals surface area (Å²) in [7, 11) is 3.44. The van der Waals surface area contributed by atoms with Gasteiger partial charge in [0.1, 0.15) is 11.6 Å². The zero-order chi connectivity index (χ0) is 11.7. The van der Waals surface area contributed by atoms with Gasteiger partial charge in [-0.05, 0) is 12.1 Å². The van der Waals surface area contributed by atoms with Crippen molar-refractivity contribution in [2.45, 2.75) is 0 Å². The lowest BCUT2D eigenvalue weighted by molar-refractivity contribution is 0.469. The van der Waals surface area contributed by atoms with Crippen LogP contribution in [0.1, 0.15) is 0 Å². The van der Waals surface area contributed by atoms with Crippen molar-refractivity contribution >= 4 is 5.95 Å². The molecule has 0 saturated carbocycles. The van der Waals surface area contributed by atoms with Gasteiger partial charge in [0.25, 0.3) is 0 Å². The fourth-order valence-corrected chi connectivity index (χ4v) is 1.47. The Bertz CT molecular complexity index is 524. The molecule has 0 aliphatic carbocycles. The van der Waals surface area contributed by atoms with Gasteiger partial charge in [-0.15, -0.1) is 10.2 Å². The van der Waals surface area contributed by atoms with E-state index in [9.17, 15) is 4.39 Å². The number of anilines is 1. The smallest absolute Gasteiger partial charge is 0.224 e. The van der Waals surface area contributed by atoms with Crippen LogP contribution in [0.5, 0.6) is 5.75 Å². The Morgan fingerprint density at radius 3 is 2.69 bits per heavy atom. The quantitative estimate of drug-likeness (QED) is 0.805. The lowest BCUT2D eigenvalue weighted by Crippen LogP contribution is -2.00. The molecule has 2 N–H and O–H groups in total. The first kappa shape index (κ1) is 10.4. The molecule has 0 aliphatic rings. The van der Waals surface area contributed by atoms with Crippen LogP contribution in [-0.2, 0) is 7.05 Å². The van der Waals surface area contributed by atoms with Crippen molar-refractivity contribution in [2.75, 3.05) is 12.4 Å². The number of aromatic hydroxyl groups is 1. The van der Waals surface area contributed by atoms with E-state index in [0.717, 1.165) is 6.07 Å². The lowest BCUT2D eigenvalue weighted by Gasteiger charge is -2.04. The van der Waals surface area contributed by atoms with Crippen molar-refractivity contribution in [1.29, 1.82) is 0 Å². The summed E-state index contributed by atoms with van der Waals surface area (Å²) in [6.07, 6.45) is 0. The van der Waals surface area contributed by atoms with Crippen molar-refractivity contribution in [1.82, 2.24) is 14.8 Å². The van der Waals surface area contributed by atoms with Crippen molar-refractivity contribution in [3.8, 4) is 17.1 Å². The number of hydrogen-bond donors (Lipinski definition) is 2. The van der Waals surface area contributed by atoms with Crippen LogP contribution in [0, 0.1) is 5.82 Å². The highest BCUT2D eigenvalue weighted by Gasteiger charge is 2.13. The highest BCUT2D eigenvalue weighted by Crippen LogP contribution is 2.25. The molecular weight excluding hydrogens is 211 g/mol. The molecule has 0 fully saturated rings. The molecule has 0 radical (unpaired) electrons. The van der Waals surface area contributed by atoms with E-state index in [-0.39, 0.29) is 5.75 Å². The molecule has 2 rings (SSSR count). The number of halogens is 1. The third-order valence-corrected chi connectivity index (χ3v) is 2.29. The second-order valence-electron chi connectivity index (χ2n) is 3.32. The molecule has 0 spiro atoms. The first-order valence-electron chi connectivity index (χ1n) is 4.69. The van der Waals surface area contributed by atoms with E-state index in [1.54, 1.807) is 18.7 Å². The molecule has 5 nitrogen and oxygen atoms in total. The van der Waals surface area contributed by atoms with E-state index in [1.807, 2.05) is 0 Å². The van der Waals surface area contributed by atoms with Crippen LogP contribution in [0.25, 0.3) is 11.4 Å². The fourth-order valence-electron chi connectivity index (χ4n) is 1.47. The summed E-state index contributed by atoms with van der Waals surface area (Å²) in [6, 6.07) is 3.92. The molecule has 1 aromatic heterocycles. The van der Waals surface area contributed by atoms with E-state index in [0.29, 0.717) is 17.3 Å². The van der Waals surface area contributed by atoms with Gasteiger partial charge in [0, 0.05) is 20.2 Å². The summed E-state index contributed by atoms with van der Waals surface area (Å²) < 4.78 is 15.2. The van der Waals surface area contributed by atoms with Crippen molar-refractivity contribution in [3.05, 3.63) is 24.0 Å². The van der Waals surface area contributed by atoms with Gasteiger partial charge < -0.3 is 10.4 Å². The molecule has 0 amide bonds. The van der Waals surface area contributed by atoms with Crippen molar-refractivity contribution in [3.63, 3.8) is 0 Å². The number of phenols is 1. The molecule has 1 heterocycles. The number of nitrogens with one attached hydrogen (secondary N) is 1. The molecule has 0 bridgehead atoms. The summed E-state index contributed by atoms with van der Waals surface area (Å²) >= 11 is 0. The largest absolute Gasteiger partial charge is 0.508 e. The van der Waals surface area contributed by atoms with Crippen LogP contribution >= 0.6 is 0 Å². The van der Waals surface area contributed by atoms with Crippen molar-refractivity contribution in [2.24, 2.45) is 7.05 Å². The van der Waals surface area contributed by atoms with Crippen LogP contribution in [0.4, 0.5) is 10.3 Å². The van der Waals surface area contributed by atoms with Crippen LogP contribution in [0.2, 0.25) is 0 Å². The molecule has 1 aromatic carbocycles. The minimum absolute atomic E-state index is 0.114. The Hall–Kier alpha value is -2.11. The summed E-state index contributed by atoms with van der Waals surface area (Å²) in [5, 5.41) is 19.7. The Balaban J connectivity index is 2.54. The zero-order valence-electron chi connectivity index (χ0n) is 8.90. The van der Waals surface area contributed by atoms with Gasteiger partial charge in [0.05, 0.1) is 5.56 Å². The van der Waals surface area contributed by atoms with Crippen LogP contribution in [0.3, 0.4) is 0 Å². The maximum Gasteiger partial charge on any atom is 0.224 e. The molecule has 0 saturated heterocycles. The minimum atomic E-state index is -0.529. The first-order valence-corrected chi connectivity index (χ1v) is 4.69. The van der Waals surface area contributed by atoms with Crippen LogP contribution in [0.15, 0.2) is 18.2 Å². The molecule has 0 atom stereocenters. The summed E-state index contributed by atoms with van der Waals surface area (Å²) in [5.74, 6) is 0.305. The van der Waals surface area contributed by atoms with Crippen LogP contribution < -0.4 is 5.32 Å². The zero-order valence-corrected chi connectivity index (χ0v) is 8.90. The maximum atomic E-state index is 13.6. The number of nitrogens with zero attached hydrogens (tertiary/aromatic N) is 3. The Morgan fingerprint density at radius 1 is 1.38 bits per heavy atom. The summed E-state index contributed by atoms with van der Waals surface area (Å²) in [6.45, 7) is 0. The van der Waals surface area contributed by atoms with E-state index < -0.39 is 5.82 Å². The molecular formula is C10H11FN4O. The van der Waals surface area contributed by atoms with E-state index in [4.69, 9.17) is 5.11 Å². The summed E-state index contributed by atoms with van der Waals surface area (Å²) in [5.41, 5.74) is 0.300. The van der Waals surface area contributed by atoms with Gasteiger partial charge in [-0.25, -0.2) is 4.39 Å². The fraction of sp³-hybridized carbons (Fsp3) is 0.200. The number of phenolic OH excluding ortho intramolecular Hbond substituents is 1. The first-order chi connectivity index (χ1) is 7.63. The third kappa shape index (κ3) is 1.58. The van der Waals surface area contributed by atoms with Gasteiger partial charge in [-0.3, -0.25) is 4.57 Å². The highest BCUT2D eigenvalue weighted by atomic mass is 19.1. The van der Waals surface area contributed by atoms with E-state index in [2.05, 4.69) is 15.5 Å². The average molecular weight is 222 g/mol. The predicted octanol–water partition coefficient (Wildman–Crippen LogP) is 1.37.